The van der Waals surface area contributed by atoms with Crippen molar-refractivity contribution in [3.8, 4) is 0 Å². The standard InChI is InChI=1S/C16H24ClN3O/c1-11(2)8-19-9-13-7-14(17)3-4-15(13)20-6-5-12(10-20)16(18)21/h3-4,7,11-12,19H,5-6,8-10H2,1-2H3,(H2,18,21). The van der Waals surface area contributed by atoms with E-state index in [1.54, 1.807) is 0 Å². The number of hydrogen-bond acceptors (Lipinski definition) is 3. The lowest BCUT2D eigenvalue weighted by Gasteiger charge is -2.22. The maximum atomic E-state index is 11.3. The molecule has 0 aromatic heterocycles. The van der Waals surface area contributed by atoms with E-state index in [0.717, 1.165) is 36.8 Å². The highest BCUT2D eigenvalue weighted by atomic mass is 35.5. The average Bonchev–Trinajstić information content (AvgIpc) is 2.88. The SMILES string of the molecule is CC(C)CNCc1cc(Cl)ccc1N1CCC(C(N)=O)C1. The fourth-order valence-corrected chi connectivity index (χ4v) is 2.91. The molecule has 116 valence electrons. The molecule has 1 saturated heterocycles. The Bertz CT molecular complexity index is 504. The van der Waals surface area contributed by atoms with Gasteiger partial charge in [0.15, 0.2) is 0 Å². The van der Waals surface area contributed by atoms with Crippen LogP contribution in [0.2, 0.25) is 5.02 Å². The van der Waals surface area contributed by atoms with E-state index in [1.807, 2.05) is 18.2 Å². The van der Waals surface area contributed by atoms with Crippen LogP contribution in [0, 0.1) is 11.8 Å². The molecule has 0 radical (unpaired) electrons. The van der Waals surface area contributed by atoms with Crippen LogP contribution >= 0.6 is 11.6 Å². The van der Waals surface area contributed by atoms with Gasteiger partial charge < -0.3 is 16.0 Å². The first kappa shape index (κ1) is 16.1. The van der Waals surface area contributed by atoms with Crippen molar-refractivity contribution in [3.63, 3.8) is 0 Å². The summed E-state index contributed by atoms with van der Waals surface area (Å²) in [6.45, 7) is 7.69. The number of hydrogen-bond donors (Lipinski definition) is 2. The smallest absolute Gasteiger partial charge is 0.222 e. The zero-order chi connectivity index (χ0) is 15.4. The molecule has 1 aliphatic rings. The van der Waals surface area contributed by atoms with Crippen LogP contribution in [0.25, 0.3) is 0 Å². The summed E-state index contributed by atoms with van der Waals surface area (Å²) in [4.78, 5) is 13.6. The number of nitrogens with one attached hydrogen (secondary N) is 1. The maximum Gasteiger partial charge on any atom is 0.222 e. The van der Waals surface area contributed by atoms with Crippen LogP contribution in [-0.4, -0.2) is 25.5 Å². The Balaban J connectivity index is 2.10. The van der Waals surface area contributed by atoms with Gasteiger partial charge in [-0.25, -0.2) is 0 Å². The molecule has 1 heterocycles. The highest BCUT2D eigenvalue weighted by Crippen LogP contribution is 2.29. The summed E-state index contributed by atoms with van der Waals surface area (Å²) in [5, 5.41) is 4.19. The Labute approximate surface area is 131 Å². The summed E-state index contributed by atoms with van der Waals surface area (Å²) in [5.41, 5.74) is 7.74. The highest BCUT2D eigenvalue weighted by molar-refractivity contribution is 6.30. The van der Waals surface area contributed by atoms with Crippen molar-refractivity contribution >= 4 is 23.2 Å². The second-order valence-electron chi connectivity index (χ2n) is 6.13. The van der Waals surface area contributed by atoms with Gasteiger partial charge in [-0.3, -0.25) is 4.79 Å². The Morgan fingerprint density at radius 3 is 2.90 bits per heavy atom. The first-order chi connectivity index (χ1) is 9.97. The summed E-state index contributed by atoms with van der Waals surface area (Å²) < 4.78 is 0. The number of anilines is 1. The van der Waals surface area contributed by atoms with Gasteiger partial charge in [-0.15, -0.1) is 0 Å². The first-order valence-corrected chi connectivity index (χ1v) is 7.88. The Kier molecular flexibility index (Phi) is 5.48. The summed E-state index contributed by atoms with van der Waals surface area (Å²) in [5.74, 6) is 0.363. The lowest BCUT2D eigenvalue weighted by Crippen LogP contribution is -2.28. The number of carbonyl (C=O) groups is 1. The fraction of sp³-hybridized carbons (Fsp3) is 0.562. The molecule has 4 nitrogen and oxygen atoms in total. The number of benzene rings is 1. The monoisotopic (exact) mass is 309 g/mol. The maximum absolute atomic E-state index is 11.3. The third-order valence-corrected chi connectivity index (χ3v) is 4.08. The third kappa shape index (κ3) is 4.35. The molecule has 0 spiro atoms. The highest BCUT2D eigenvalue weighted by Gasteiger charge is 2.27. The Morgan fingerprint density at radius 2 is 2.29 bits per heavy atom. The van der Waals surface area contributed by atoms with E-state index in [4.69, 9.17) is 17.3 Å². The molecule has 0 aliphatic carbocycles. The van der Waals surface area contributed by atoms with Crippen molar-refractivity contribution in [2.24, 2.45) is 17.6 Å². The minimum atomic E-state index is -0.203. The lowest BCUT2D eigenvalue weighted by molar-refractivity contribution is -0.121. The summed E-state index contributed by atoms with van der Waals surface area (Å²) in [6, 6.07) is 5.94. The van der Waals surface area contributed by atoms with E-state index in [1.165, 1.54) is 5.56 Å². The van der Waals surface area contributed by atoms with Crippen molar-refractivity contribution in [2.45, 2.75) is 26.8 Å². The Morgan fingerprint density at radius 1 is 1.52 bits per heavy atom. The fourth-order valence-electron chi connectivity index (χ4n) is 2.71. The van der Waals surface area contributed by atoms with E-state index >= 15 is 0 Å². The van der Waals surface area contributed by atoms with Crippen LogP contribution in [0.5, 0.6) is 0 Å². The minimum Gasteiger partial charge on any atom is -0.370 e. The van der Waals surface area contributed by atoms with Gasteiger partial charge >= 0.3 is 0 Å². The van der Waals surface area contributed by atoms with Gasteiger partial charge in [0.1, 0.15) is 0 Å². The van der Waals surface area contributed by atoms with E-state index in [0.29, 0.717) is 12.5 Å². The van der Waals surface area contributed by atoms with E-state index in [9.17, 15) is 4.79 Å². The number of nitrogens with two attached hydrogens (primary N) is 1. The van der Waals surface area contributed by atoms with E-state index in [-0.39, 0.29) is 11.8 Å². The third-order valence-electron chi connectivity index (χ3n) is 3.84. The average molecular weight is 310 g/mol. The van der Waals surface area contributed by atoms with Gasteiger partial charge in [-0.1, -0.05) is 25.4 Å². The number of halogens is 1. The molecule has 0 saturated carbocycles. The van der Waals surface area contributed by atoms with Gasteiger partial charge in [0.25, 0.3) is 0 Å². The summed E-state index contributed by atoms with van der Waals surface area (Å²) in [7, 11) is 0. The normalized spacial score (nSPS) is 18.5. The zero-order valence-electron chi connectivity index (χ0n) is 12.7. The van der Waals surface area contributed by atoms with Gasteiger partial charge in [-0.2, -0.15) is 0 Å². The van der Waals surface area contributed by atoms with Crippen molar-refractivity contribution in [3.05, 3.63) is 28.8 Å². The van der Waals surface area contributed by atoms with Crippen molar-refractivity contribution in [1.82, 2.24) is 5.32 Å². The number of carbonyl (C=O) groups excluding carboxylic acids is 1. The predicted molar refractivity (Wildman–Crippen MR) is 87.5 cm³/mol. The first-order valence-electron chi connectivity index (χ1n) is 7.50. The number of rotatable bonds is 6. The Hall–Kier alpha value is -1.26. The molecular weight excluding hydrogens is 286 g/mol. The van der Waals surface area contributed by atoms with Crippen molar-refractivity contribution in [2.75, 3.05) is 24.5 Å². The second kappa shape index (κ2) is 7.14. The van der Waals surface area contributed by atoms with Crippen LogP contribution in [0.4, 0.5) is 5.69 Å². The zero-order valence-corrected chi connectivity index (χ0v) is 13.5. The molecule has 1 atom stereocenters. The summed E-state index contributed by atoms with van der Waals surface area (Å²) in [6.07, 6.45) is 0.830. The van der Waals surface area contributed by atoms with Crippen LogP contribution < -0.4 is 16.0 Å². The van der Waals surface area contributed by atoms with E-state index < -0.39 is 0 Å². The number of amides is 1. The van der Waals surface area contributed by atoms with Gasteiger partial charge in [0.05, 0.1) is 5.92 Å². The molecular formula is C16H24ClN3O. The van der Waals surface area contributed by atoms with Crippen molar-refractivity contribution in [1.29, 1.82) is 0 Å². The topological polar surface area (TPSA) is 58.4 Å². The molecule has 1 aromatic rings. The summed E-state index contributed by atoms with van der Waals surface area (Å²) >= 11 is 6.12. The molecule has 5 heteroatoms. The van der Waals surface area contributed by atoms with Gasteiger partial charge in [-0.05, 0) is 42.6 Å². The molecule has 2 rings (SSSR count). The van der Waals surface area contributed by atoms with Crippen molar-refractivity contribution < 1.29 is 4.79 Å². The molecule has 1 aromatic carbocycles. The molecule has 1 unspecified atom stereocenters. The van der Waals surface area contributed by atoms with Gasteiger partial charge in [0.2, 0.25) is 5.91 Å². The predicted octanol–water partition coefficient (Wildman–Crippen LogP) is 2.40. The van der Waals surface area contributed by atoms with Crippen LogP contribution in [0.1, 0.15) is 25.8 Å². The van der Waals surface area contributed by atoms with Crippen LogP contribution in [0.15, 0.2) is 18.2 Å². The van der Waals surface area contributed by atoms with Gasteiger partial charge in [0, 0.05) is 30.3 Å². The minimum absolute atomic E-state index is 0.0443. The quantitative estimate of drug-likeness (QED) is 0.848. The molecule has 3 N–H and O–H groups in total. The van der Waals surface area contributed by atoms with Crippen LogP contribution in [0.3, 0.4) is 0 Å². The molecule has 0 bridgehead atoms. The van der Waals surface area contributed by atoms with E-state index in [2.05, 4.69) is 24.1 Å². The largest absolute Gasteiger partial charge is 0.370 e. The van der Waals surface area contributed by atoms with Crippen LogP contribution in [-0.2, 0) is 11.3 Å². The number of primary amides is 1. The molecule has 1 fully saturated rings. The second-order valence-corrected chi connectivity index (χ2v) is 6.57. The lowest BCUT2D eigenvalue weighted by atomic mass is 10.1. The molecule has 1 aliphatic heterocycles. The molecule has 1 amide bonds. The molecule has 21 heavy (non-hydrogen) atoms. The number of nitrogens with zero attached hydrogens (tertiary/aromatic N) is 1.